The molecule has 10 nitrogen and oxygen atoms in total. The van der Waals surface area contributed by atoms with Crippen LogP contribution in [-0.4, -0.2) is 24.7 Å². The summed E-state index contributed by atoms with van der Waals surface area (Å²) < 4.78 is 15.6. The Balaban J connectivity index is 1.66. The molecule has 3 rings (SSSR count). The number of hydrogen-bond donors (Lipinski definition) is 2. The lowest BCUT2D eigenvalue weighted by Crippen LogP contribution is -2.24. The summed E-state index contributed by atoms with van der Waals surface area (Å²) >= 11 is 0. The third-order valence-electron chi connectivity index (χ3n) is 4.02. The molecular formula is C19H16N4O6. The molecule has 2 N–H and O–H groups in total. The molecule has 1 heterocycles. The molecule has 0 aromatic heterocycles. The molecule has 0 unspecified atom stereocenters. The number of nitriles is 1. The van der Waals surface area contributed by atoms with E-state index < -0.39 is 10.8 Å². The third kappa shape index (κ3) is 4.54. The van der Waals surface area contributed by atoms with Gasteiger partial charge in [-0.1, -0.05) is 6.07 Å². The smallest absolute Gasteiger partial charge is 0.273 e. The van der Waals surface area contributed by atoms with E-state index in [2.05, 4.69) is 10.6 Å². The van der Waals surface area contributed by atoms with E-state index in [9.17, 15) is 20.2 Å². The van der Waals surface area contributed by atoms with E-state index in [4.69, 9.17) is 14.2 Å². The number of carbonyl (C=O) groups excluding carboxylic acids is 1. The standard InChI is InChI=1S/C19H16N4O6/c1-27-17-7-14(23(25)26)3-4-15(17)21-10-13(8-20)19(24)22-9-12-2-5-16-18(6-12)29-11-28-16/h2-7,10,21H,9,11H2,1H3,(H,22,24)/b13-10-. The Morgan fingerprint density at radius 1 is 1.31 bits per heavy atom. The van der Waals surface area contributed by atoms with Crippen LogP contribution >= 0.6 is 0 Å². The zero-order chi connectivity index (χ0) is 20.8. The van der Waals surface area contributed by atoms with Gasteiger partial charge in [-0.05, 0) is 23.8 Å². The maximum Gasteiger partial charge on any atom is 0.273 e. The number of nitro groups is 1. The van der Waals surface area contributed by atoms with Crippen LogP contribution in [0.25, 0.3) is 0 Å². The first-order valence-electron chi connectivity index (χ1n) is 8.37. The normalized spacial score (nSPS) is 12.1. The zero-order valence-corrected chi connectivity index (χ0v) is 15.3. The van der Waals surface area contributed by atoms with Gasteiger partial charge in [-0.3, -0.25) is 14.9 Å². The number of non-ortho nitro benzene ring substituents is 1. The van der Waals surface area contributed by atoms with Gasteiger partial charge in [-0.2, -0.15) is 5.26 Å². The quantitative estimate of drug-likeness (QED) is 0.315. The molecule has 29 heavy (non-hydrogen) atoms. The van der Waals surface area contributed by atoms with Crippen molar-refractivity contribution in [2.45, 2.75) is 6.54 Å². The summed E-state index contributed by atoms with van der Waals surface area (Å²) in [5.74, 6) is 0.853. The van der Waals surface area contributed by atoms with E-state index in [0.717, 1.165) is 5.56 Å². The Bertz CT molecular complexity index is 1030. The molecule has 1 amide bonds. The summed E-state index contributed by atoms with van der Waals surface area (Å²) in [5.41, 5.74) is 0.837. The lowest BCUT2D eigenvalue weighted by molar-refractivity contribution is -0.384. The van der Waals surface area contributed by atoms with Crippen LogP contribution in [0.1, 0.15) is 5.56 Å². The van der Waals surface area contributed by atoms with Gasteiger partial charge in [-0.25, -0.2) is 0 Å². The van der Waals surface area contributed by atoms with Crippen molar-refractivity contribution in [2.75, 3.05) is 19.2 Å². The molecule has 0 aliphatic carbocycles. The second kappa shape index (κ2) is 8.62. The number of rotatable bonds is 7. The monoisotopic (exact) mass is 396 g/mol. The summed E-state index contributed by atoms with van der Waals surface area (Å²) in [4.78, 5) is 22.6. The molecule has 2 aromatic carbocycles. The van der Waals surface area contributed by atoms with Gasteiger partial charge in [0.05, 0.1) is 23.8 Å². The maximum absolute atomic E-state index is 12.3. The fraction of sp³-hybridized carbons (Fsp3) is 0.158. The Hall–Kier alpha value is -4.26. The summed E-state index contributed by atoms with van der Waals surface area (Å²) in [6.07, 6.45) is 1.21. The SMILES string of the molecule is COc1cc([N+](=O)[O-])ccc1N/C=C(/C#N)C(=O)NCc1ccc2c(c1)OCO2. The van der Waals surface area contributed by atoms with Gasteiger partial charge in [0.25, 0.3) is 11.6 Å². The number of hydrogen-bond acceptors (Lipinski definition) is 8. The van der Waals surface area contributed by atoms with Crippen molar-refractivity contribution in [1.82, 2.24) is 5.32 Å². The second-order valence-electron chi connectivity index (χ2n) is 5.83. The summed E-state index contributed by atoms with van der Waals surface area (Å²) in [5, 5.41) is 25.5. The van der Waals surface area contributed by atoms with Gasteiger partial charge >= 0.3 is 0 Å². The Kier molecular flexibility index (Phi) is 5.80. The number of benzene rings is 2. The Morgan fingerprint density at radius 2 is 2.10 bits per heavy atom. The molecule has 0 spiro atoms. The molecule has 1 aliphatic heterocycles. The Morgan fingerprint density at radius 3 is 2.83 bits per heavy atom. The largest absolute Gasteiger partial charge is 0.494 e. The maximum atomic E-state index is 12.3. The van der Waals surface area contributed by atoms with Gasteiger partial charge in [0.2, 0.25) is 6.79 Å². The topological polar surface area (TPSA) is 136 Å². The number of nitro benzene ring substituents is 1. The number of fused-ring (bicyclic) bond motifs is 1. The first kappa shape index (κ1) is 19.5. The highest BCUT2D eigenvalue weighted by molar-refractivity contribution is 5.97. The molecule has 0 saturated carbocycles. The van der Waals surface area contributed by atoms with Crippen molar-refractivity contribution in [3.63, 3.8) is 0 Å². The van der Waals surface area contributed by atoms with Crippen LogP contribution in [0.4, 0.5) is 11.4 Å². The minimum Gasteiger partial charge on any atom is -0.494 e. The van der Waals surface area contributed by atoms with Crippen LogP contribution in [0, 0.1) is 21.4 Å². The number of ether oxygens (including phenoxy) is 3. The van der Waals surface area contributed by atoms with Crippen molar-refractivity contribution < 1.29 is 23.9 Å². The van der Waals surface area contributed by atoms with Crippen molar-refractivity contribution in [2.24, 2.45) is 0 Å². The molecule has 0 bridgehead atoms. The van der Waals surface area contributed by atoms with Gasteiger partial charge in [0.15, 0.2) is 11.5 Å². The van der Waals surface area contributed by atoms with Crippen molar-refractivity contribution >= 4 is 17.3 Å². The fourth-order valence-corrected chi connectivity index (χ4v) is 2.54. The van der Waals surface area contributed by atoms with Crippen LogP contribution in [0.2, 0.25) is 0 Å². The van der Waals surface area contributed by atoms with E-state index >= 15 is 0 Å². The predicted octanol–water partition coefficient (Wildman–Crippen LogP) is 2.47. The number of amides is 1. The van der Waals surface area contributed by atoms with Crippen LogP contribution in [0.5, 0.6) is 17.2 Å². The number of carbonyl (C=O) groups is 1. The van der Waals surface area contributed by atoms with Gasteiger partial charge in [0.1, 0.15) is 17.4 Å². The first-order valence-corrected chi connectivity index (χ1v) is 8.37. The van der Waals surface area contributed by atoms with Crippen LogP contribution in [-0.2, 0) is 11.3 Å². The van der Waals surface area contributed by atoms with Gasteiger partial charge < -0.3 is 24.8 Å². The second-order valence-corrected chi connectivity index (χ2v) is 5.83. The molecule has 1 aliphatic rings. The highest BCUT2D eigenvalue weighted by Crippen LogP contribution is 2.32. The molecule has 0 radical (unpaired) electrons. The molecule has 10 heteroatoms. The van der Waals surface area contributed by atoms with E-state index in [1.807, 2.05) is 6.07 Å². The third-order valence-corrected chi connectivity index (χ3v) is 4.02. The van der Waals surface area contributed by atoms with Gasteiger partial charge in [0, 0.05) is 18.8 Å². The Labute approximate surface area is 165 Å². The van der Waals surface area contributed by atoms with Crippen LogP contribution < -0.4 is 24.8 Å². The first-order chi connectivity index (χ1) is 14.0. The van der Waals surface area contributed by atoms with Crippen LogP contribution in [0.15, 0.2) is 48.2 Å². The van der Waals surface area contributed by atoms with Gasteiger partial charge in [-0.15, -0.1) is 0 Å². The van der Waals surface area contributed by atoms with E-state index in [1.165, 1.54) is 31.5 Å². The summed E-state index contributed by atoms with van der Waals surface area (Å²) in [6.45, 7) is 0.347. The minimum absolute atomic E-state index is 0.140. The average Bonchev–Trinajstić information content (AvgIpc) is 3.20. The summed E-state index contributed by atoms with van der Waals surface area (Å²) in [7, 11) is 1.36. The van der Waals surface area contributed by atoms with Crippen molar-refractivity contribution in [1.29, 1.82) is 5.26 Å². The summed E-state index contributed by atoms with van der Waals surface area (Å²) in [6, 6.07) is 11.0. The van der Waals surface area contributed by atoms with E-state index in [-0.39, 0.29) is 30.3 Å². The molecule has 0 fully saturated rings. The minimum atomic E-state index is -0.585. The van der Waals surface area contributed by atoms with E-state index in [0.29, 0.717) is 17.2 Å². The molecule has 0 atom stereocenters. The lowest BCUT2D eigenvalue weighted by atomic mass is 10.2. The molecule has 2 aromatic rings. The number of nitrogens with one attached hydrogen (secondary N) is 2. The van der Waals surface area contributed by atoms with Crippen molar-refractivity contribution in [3.05, 3.63) is 63.8 Å². The highest BCUT2D eigenvalue weighted by Gasteiger charge is 2.15. The lowest BCUT2D eigenvalue weighted by Gasteiger charge is -2.09. The number of anilines is 1. The molecular weight excluding hydrogens is 380 g/mol. The average molecular weight is 396 g/mol. The fourth-order valence-electron chi connectivity index (χ4n) is 2.54. The predicted molar refractivity (Wildman–Crippen MR) is 101 cm³/mol. The number of nitrogens with zero attached hydrogens (tertiary/aromatic N) is 2. The van der Waals surface area contributed by atoms with Crippen LogP contribution in [0.3, 0.4) is 0 Å². The molecule has 148 valence electrons. The van der Waals surface area contributed by atoms with E-state index in [1.54, 1.807) is 18.2 Å². The molecule has 0 saturated heterocycles. The number of methoxy groups -OCH3 is 1. The van der Waals surface area contributed by atoms with Crippen molar-refractivity contribution in [3.8, 4) is 23.3 Å². The zero-order valence-electron chi connectivity index (χ0n) is 15.3. The highest BCUT2D eigenvalue weighted by atomic mass is 16.7.